The van der Waals surface area contributed by atoms with Crippen molar-refractivity contribution in [1.82, 2.24) is 25.2 Å². The van der Waals surface area contributed by atoms with Crippen molar-refractivity contribution in [3.05, 3.63) is 60.2 Å². The molecule has 2 heterocycles. The summed E-state index contributed by atoms with van der Waals surface area (Å²) in [6.07, 6.45) is 0. The predicted molar refractivity (Wildman–Crippen MR) is 109 cm³/mol. The minimum absolute atomic E-state index is 0.159. The number of benzene rings is 2. The zero-order valence-corrected chi connectivity index (χ0v) is 16.1. The van der Waals surface area contributed by atoms with E-state index in [4.69, 9.17) is 9.82 Å². The first-order valence-electron chi connectivity index (χ1n) is 8.95. The van der Waals surface area contributed by atoms with Crippen molar-refractivity contribution in [3.63, 3.8) is 0 Å². The number of fused-ring (bicyclic) bond motifs is 3. The van der Waals surface area contributed by atoms with E-state index in [9.17, 15) is 4.79 Å². The van der Waals surface area contributed by atoms with Crippen LogP contribution >= 0.6 is 11.8 Å². The van der Waals surface area contributed by atoms with Crippen LogP contribution in [0.2, 0.25) is 0 Å². The highest BCUT2D eigenvalue weighted by Crippen LogP contribution is 2.27. The fourth-order valence-corrected chi connectivity index (χ4v) is 3.56. The van der Waals surface area contributed by atoms with Gasteiger partial charge in [-0.3, -0.25) is 9.63 Å². The van der Waals surface area contributed by atoms with Crippen LogP contribution in [0.5, 0.6) is 0 Å². The Morgan fingerprint density at radius 1 is 1.11 bits per heavy atom. The number of carbonyl (C=O) groups is 1. The molecule has 0 saturated heterocycles. The predicted octanol–water partition coefficient (Wildman–Crippen LogP) is 3.19. The molecule has 0 aliphatic heterocycles. The monoisotopic (exact) mass is 393 g/mol. The van der Waals surface area contributed by atoms with E-state index in [1.54, 1.807) is 6.92 Å². The highest BCUT2D eigenvalue weighted by molar-refractivity contribution is 7.99. The fourth-order valence-electron chi connectivity index (χ4n) is 2.99. The number of amides is 1. The third kappa shape index (κ3) is 3.83. The average molecular weight is 393 g/mol. The molecule has 2 aromatic heterocycles. The fraction of sp³-hybridized carbons (Fsp3) is 0.200. The summed E-state index contributed by atoms with van der Waals surface area (Å²) in [5.41, 5.74) is 6.11. The number of aromatic nitrogens is 4. The second kappa shape index (κ2) is 8.37. The maximum atomic E-state index is 11.7. The standard InChI is InChI=1S/C20H19N5O2S/c1-2-27-24-17(26)13-28-20-21-19-18(22-23-20)15-10-6-7-11-16(15)25(19)12-14-8-4-3-5-9-14/h3-11H,2,12-13H2,1H3,(H,24,26). The van der Waals surface area contributed by atoms with Gasteiger partial charge < -0.3 is 4.57 Å². The van der Waals surface area contributed by atoms with Crippen LogP contribution in [0.4, 0.5) is 0 Å². The van der Waals surface area contributed by atoms with Crippen LogP contribution in [-0.4, -0.2) is 38.0 Å². The van der Waals surface area contributed by atoms with Crippen LogP contribution in [0, 0.1) is 0 Å². The zero-order valence-electron chi connectivity index (χ0n) is 15.3. The number of nitrogens with one attached hydrogen (secondary N) is 1. The average Bonchev–Trinajstić information content (AvgIpc) is 3.05. The van der Waals surface area contributed by atoms with Gasteiger partial charge in [0.15, 0.2) is 5.65 Å². The van der Waals surface area contributed by atoms with Gasteiger partial charge in [0.25, 0.3) is 5.91 Å². The molecule has 0 fully saturated rings. The molecule has 0 radical (unpaired) electrons. The molecule has 4 aromatic rings. The lowest BCUT2D eigenvalue weighted by atomic mass is 10.2. The number of nitrogens with zero attached hydrogens (tertiary/aromatic N) is 4. The lowest BCUT2D eigenvalue weighted by Crippen LogP contribution is -2.25. The van der Waals surface area contributed by atoms with Gasteiger partial charge in [-0.15, -0.1) is 10.2 Å². The van der Waals surface area contributed by atoms with E-state index in [-0.39, 0.29) is 11.7 Å². The second-order valence-corrected chi connectivity index (χ2v) is 7.04. The molecule has 8 heteroatoms. The van der Waals surface area contributed by atoms with Gasteiger partial charge in [0.2, 0.25) is 5.16 Å². The van der Waals surface area contributed by atoms with Gasteiger partial charge in [0.1, 0.15) is 5.52 Å². The molecule has 0 aliphatic carbocycles. The van der Waals surface area contributed by atoms with E-state index in [2.05, 4.69) is 38.4 Å². The number of hydrogen-bond acceptors (Lipinski definition) is 6. The minimum atomic E-state index is -0.236. The quantitative estimate of drug-likeness (QED) is 0.384. The third-order valence-corrected chi connectivity index (χ3v) is 5.04. The summed E-state index contributed by atoms with van der Waals surface area (Å²) >= 11 is 1.23. The SMILES string of the molecule is CCONC(=O)CSc1nnc2c3ccccc3n(Cc3ccccc3)c2n1. The van der Waals surface area contributed by atoms with Gasteiger partial charge in [-0.1, -0.05) is 60.3 Å². The minimum Gasteiger partial charge on any atom is -0.319 e. The van der Waals surface area contributed by atoms with Gasteiger partial charge in [0.05, 0.1) is 17.9 Å². The second-order valence-electron chi connectivity index (χ2n) is 6.10. The molecule has 0 spiro atoms. The van der Waals surface area contributed by atoms with Gasteiger partial charge in [-0.05, 0) is 18.6 Å². The Kier molecular flexibility index (Phi) is 5.50. The first-order valence-corrected chi connectivity index (χ1v) is 9.94. The van der Waals surface area contributed by atoms with E-state index in [1.807, 2.05) is 36.4 Å². The van der Waals surface area contributed by atoms with Crippen molar-refractivity contribution in [1.29, 1.82) is 0 Å². The van der Waals surface area contributed by atoms with Gasteiger partial charge in [0, 0.05) is 11.9 Å². The van der Waals surface area contributed by atoms with E-state index in [0.29, 0.717) is 18.3 Å². The number of carbonyl (C=O) groups excluding carboxylic acids is 1. The smallest absolute Gasteiger partial charge is 0.254 e. The van der Waals surface area contributed by atoms with E-state index in [0.717, 1.165) is 22.1 Å². The number of rotatable bonds is 7. The van der Waals surface area contributed by atoms with Crippen LogP contribution in [0.3, 0.4) is 0 Å². The summed E-state index contributed by atoms with van der Waals surface area (Å²) in [4.78, 5) is 21.3. The van der Waals surface area contributed by atoms with Crippen LogP contribution in [0.15, 0.2) is 59.8 Å². The maximum Gasteiger partial charge on any atom is 0.254 e. The Morgan fingerprint density at radius 3 is 2.71 bits per heavy atom. The Balaban J connectivity index is 1.69. The highest BCUT2D eigenvalue weighted by Gasteiger charge is 2.15. The molecule has 28 heavy (non-hydrogen) atoms. The summed E-state index contributed by atoms with van der Waals surface area (Å²) < 4.78 is 2.14. The Bertz CT molecular complexity index is 1110. The van der Waals surface area contributed by atoms with E-state index < -0.39 is 0 Å². The Hall–Kier alpha value is -2.97. The molecule has 142 valence electrons. The molecule has 0 saturated carbocycles. The van der Waals surface area contributed by atoms with Crippen LogP contribution in [-0.2, 0) is 16.2 Å². The topological polar surface area (TPSA) is 81.9 Å². The third-order valence-electron chi connectivity index (χ3n) is 4.20. The number of para-hydroxylation sites is 1. The van der Waals surface area contributed by atoms with Crippen molar-refractivity contribution in [2.75, 3.05) is 12.4 Å². The van der Waals surface area contributed by atoms with Crippen LogP contribution in [0.25, 0.3) is 22.1 Å². The van der Waals surface area contributed by atoms with E-state index >= 15 is 0 Å². The van der Waals surface area contributed by atoms with Gasteiger partial charge in [-0.2, -0.15) is 0 Å². The molecule has 1 amide bonds. The van der Waals surface area contributed by atoms with Crippen molar-refractivity contribution < 1.29 is 9.63 Å². The molecule has 0 bridgehead atoms. The van der Waals surface area contributed by atoms with E-state index in [1.165, 1.54) is 17.3 Å². The summed E-state index contributed by atoms with van der Waals surface area (Å²) in [6, 6.07) is 18.3. The molecular weight excluding hydrogens is 374 g/mol. The molecular formula is C20H19N5O2S. The molecule has 7 nitrogen and oxygen atoms in total. The van der Waals surface area contributed by atoms with Crippen molar-refractivity contribution in [2.24, 2.45) is 0 Å². The van der Waals surface area contributed by atoms with Gasteiger partial charge >= 0.3 is 0 Å². The lowest BCUT2D eigenvalue weighted by molar-refractivity contribution is -0.130. The molecule has 1 N–H and O–H groups in total. The molecule has 4 rings (SSSR count). The van der Waals surface area contributed by atoms with Crippen molar-refractivity contribution in [3.8, 4) is 0 Å². The molecule has 2 aromatic carbocycles. The first-order chi connectivity index (χ1) is 13.8. The number of hydroxylamine groups is 1. The Morgan fingerprint density at radius 2 is 1.89 bits per heavy atom. The normalized spacial score (nSPS) is 11.2. The van der Waals surface area contributed by atoms with Crippen LogP contribution in [0.1, 0.15) is 12.5 Å². The Labute approximate surface area is 166 Å². The largest absolute Gasteiger partial charge is 0.319 e. The highest BCUT2D eigenvalue weighted by atomic mass is 32.2. The molecule has 0 unspecified atom stereocenters. The van der Waals surface area contributed by atoms with Crippen molar-refractivity contribution >= 4 is 39.7 Å². The maximum absolute atomic E-state index is 11.7. The zero-order chi connectivity index (χ0) is 19.3. The summed E-state index contributed by atoms with van der Waals surface area (Å²) in [5, 5.41) is 10.1. The van der Waals surface area contributed by atoms with Crippen molar-refractivity contribution in [2.45, 2.75) is 18.6 Å². The number of hydrogen-bond donors (Lipinski definition) is 1. The van der Waals surface area contributed by atoms with Gasteiger partial charge in [-0.25, -0.2) is 10.5 Å². The summed E-state index contributed by atoms with van der Waals surface area (Å²) in [7, 11) is 0. The summed E-state index contributed by atoms with van der Waals surface area (Å²) in [6.45, 7) is 2.90. The lowest BCUT2D eigenvalue weighted by Gasteiger charge is -2.07. The molecule has 0 aliphatic rings. The van der Waals surface area contributed by atoms with Crippen LogP contribution < -0.4 is 5.48 Å². The molecule has 0 atom stereocenters. The summed E-state index contributed by atoms with van der Waals surface area (Å²) in [5.74, 6) is -0.0769. The first kappa shape index (κ1) is 18.4. The number of thioether (sulfide) groups is 1.